The summed E-state index contributed by atoms with van der Waals surface area (Å²) in [7, 11) is 0. The van der Waals surface area contributed by atoms with Crippen LogP contribution in [0, 0.1) is 0 Å². The molecule has 4 rings (SSSR count). The maximum absolute atomic E-state index is 13.2. The molecule has 6 nitrogen and oxygen atoms in total. The van der Waals surface area contributed by atoms with E-state index >= 15 is 0 Å². The van der Waals surface area contributed by atoms with Crippen molar-refractivity contribution in [3.05, 3.63) is 53.6 Å². The maximum atomic E-state index is 13.2. The number of anilines is 3. The second kappa shape index (κ2) is 9.20. The Balaban J connectivity index is 1.49. The van der Waals surface area contributed by atoms with E-state index in [0.29, 0.717) is 50.5 Å². The molecular formula is C23H24F3N3O3. The molecule has 2 fully saturated rings. The molecule has 2 aromatic carbocycles. The molecule has 2 aromatic rings. The topological polar surface area (TPSA) is 61.9 Å². The number of nitrogens with one attached hydrogen (secondary N) is 1. The summed E-state index contributed by atoms with van der Waals surface area (Å²) in [6.45, 7) is 2.69. The van der Waals surface area contributed by atoms with Gasteiger partial charge >= 0.3 is 6.18 Å². The van der Waals surface area contributed by atoms with Crippen LogP contribution >= 0.6 is 0 Å². The summed E-state index contributed by atoms with van der Waals surface area (Å²) in [5.74, 6) is -0.334. The van der Waals surface area contributed by atoms with Crippen LogP contribution in [0.2, 0.25) is 0 Å². The van der Waals surface area contributed by atoms with Gasteiger partial charge in [-0.15, -0.1) is 0 Å². The number of carbonyl (C=O) groups excluding carboxylic acids is 2. The number of carbonyl (C=O) groups is 2. The lowest BCUT2D eigenvalue weighted by molar-refractivity contribution is -0.137. The second-order valence-corrected chi connectivity index (χ2v) is 7.87. The zero-order valence-corrected chi connectivity index (χ0v) is 17.5. The lowest BCUT2D eigenvalue weighted by atomic mass is 10.1. The summed E-state index contributed by atoms with van der Waals surface area (Å²) in [6.07, 6.45) is -3.14. The van der Waals surface area contributed by atoms with E-state index in [1.165, 1.54) is 6.07 Å². The minimum atomic E-state index is -4.51. The summed E-state index contributed by atoms with van der Waals surface area (Å²) in [4.78, 5) is 28.2. The standard InChI is InChI=1S/C23H24F3N3O3/c24-23(25,26)17-5-8-20(28-10-12-32-13-11-28)19(15-17)27-21(30)14-16-3-6-18(7-4-16)29-9-1-2-22(29)31/h3-8,15H,1-2,9-14H2,(H,27,30). The van der Waals surface area contributed by atoms with Crippen molar-refractivity contribution >= 4 is 28.9 Å². The van der Waals surface area contributed by atoms with Gasteiger partial charge in [-0.25, -0.2) is 0 Å². The van der Waals surface area contributed by atoms with Gasteiger partial charge in [0.2, 0.25) is 11.8 Å². The molecule has 170 valence electrons. The number of rotatable bonds is 5. The molecule has 0 unspecified atom stereocenters. The van der Waals surface area contributed by atoms with Crippen molar-refractivity contribution in [2.24, 2.45) is 0 Å². The van der Waals surface area contributed by atoms with Crippen molar-refractivity contribution in [1.29, 1.82) is 0 Å². The molecule has 0 aromatic heterocycles. The number of ether oxygens (including phenoxy) is 1. The van der Waals surface area contributed by atoms with E-state index in [-0.39, 0.29) is 18.0 Å². The van der Waals surface area contributed by atoms with Crippen LogP contribution in [0.4, 0.5) is 30.2 Å². The van der Waals surface area contributed by atoms with E-state index in [1.807, 2.05) is 4.90 Å². The minimum absolute atomic E-state index is 0.00697. The van der Waals surface area contributed by atoms with Crippen LogP contribution in [0.15, 0.2) is 42.5 Å². The molecule has 0 atom stereocenters. The molecule has 2 aliphatic rings. The molecule has 0 saturated carbocycles. The van der Waals surface area contributed by atoms with Gasteiger partial charge in [0.15, 0.2) is 0 Å². The molecule has 1 N–H and O–H groups in total. The predicted molar refractivity (Wildman–Crippen MR) is 115 cm³/mol. The van der Waals surface area contributed by atoms with Gasteiger partial charge in [-0.2, -0.15) is 13.2 Å². The first-order chi connectivity index (χ1) is 15.3. The van der Waals surface area contributed by atoms with Gasteiger partial charge in [-0.1, -0.05) is 12.1 Å². The number of amides is 2. The maximum Gasteiger partial charge on any atom is 0.416 e. The summed E-state index contributed by atoms with van der Waals surface area (Å²) in [5, 5.41) is 2.66. The van der Waals surface area contributed by atoms with E-state index in [9.17, 15) is 22.8 Å². The van der Waals surface area contributed by atoms with Crippen molar-refractivity contribution in [2.45, 2.75) is 25.4 Å². The highest BCUT2D eigenvalue weighted by molar-refractivity contribution is 5.97. The van der Waals surface area contributed by atoms with Gasteiger partial charge in [0.1, 0.15) is 0 Å². The molecule has 2 heterocycles. The monoisotopic (exact) mass is 447 g/mol. The molecule has 2 aliphatic heterocycles. The number of hydrogen-bond acceptors (Lipinski definition) is 4. The van der Waals surface area contributed by atoms with Crippen molar-refractivity contribution in [1.82, 2.24) is 0 Å². The Morgan fingerprint density at radius 1 is 1.03 bits per heavy atom. The zero-order valence-electron chi connectivity index (χ0n) is 17.5. The van der Waals surface area contributed by atoms with Gasteiger partial charge < -0.3 is 19.9 Å². The van der Waals surface area contributed by atoms with Crippen molar-refractivity contribution in [2.75, 3.05) is 48.0 Å². The lowest BCUT2D eigenvalue weighted by Gasteiger charge is -2.31. The highest BCUT2D eigenvalue weighted by Gasteiger charge is 2.32. The average Bonchev–Trinajstić information content (AvgIpc) is 3.20. The fourth-order valence-electron chi connectivity index (χ4n) is 3.99. The fraction of sp³-hybridized carbons (Fsp3) is 0.391. The largest absolute Gasteiger partial charge is 0.416 e. The Bertz CT molecular complexity index is 986. The van der Waals surface area contributed by atoms with Gasteiger partial charge in [0, 0.05) is 31.7 Å². The van der Waals surface area contributed by atoms with Crippen LogP contribution in [-0.4, -0.2) is 44.7 Å². The number of hydrogen-bond donors (Lipinski definition) is 1. The van der Waals surface area contributed by atoms with E-state index in [2.05, 4.69) is 5.32 Å². The first-order valence-corrected chi connectivity index (χ1v) is 10.5. The summed E-state index contributed by atoms with van der Waals surface area (Å²) >= 11 is 0. The summed E-state index contributed by atoms with van der Waals surface area (Å²) in [6, 6.07) is 10.5. The van der Waals surface area contributed by atoms with E-state index in [0.717, 1.165) is 24.2 Å². The lowest BCUT2D eigenvalue weighted by Crippen LogP contribution is -2.37. The Kier molecular flexibility index (Phi) is 6.36. The Hall–Kier alpha value is -3.07. The first-order valence-electron chi connectivity index (χ1n) is 10.5. The van der Waals surface area contributed by atoms with Crippen LogP contribution in [0.3, 0.4) is 0 Å². The Labute approximate surface area is 183 Å². The highest BCUT2D eigenvalue weighted by atomic mass is 19.4. The molecule has 0 spiro atoms. The van der Waals surface area contributed by atoms with Crippen molar-refractivity contribution < 1.29 is 27.5 Å². The highest BCUT2D eigenvalue weighted by Crippen LogP contribution is 2.36. The normalized spacial score (nSPS) is 17.0. The predicted octanol–water partition coefficient (Wildman–Crippen LogP) is 3.85. The van der Waals surface area contributed by atoms with Gasteiger partial charge in [-0.05, 0) is 42.3 Å². The van der Waals surface area contributed by atoms with Crippen LogP contribution in [0.1, 0.15) is 24.0 Å². The molecule has 32 heavy (non-hydrogen) atoms. The van der Waals surface area contributed by atoms with Crippen molar-refractivity contribution in [3.8, 4) is 0 Å². The van der Waals surface area contributed by atoms with Gasteiger partial charge in [-0.3, -0.25) is 9.59 Å². The molecule has 9 heteroatoms. The molecule has 2 saturated heterocycles. The quantitative estimate of drug-likeness (QED) is 0.757. The number of nitrogens with zero attached hydrogens (tertiary/aromatic N) is 2. The minimum Gasteiger partial charge on any atom is -0.378 e. The molecular weight excluding hydrogens is 423 g/mol. The van der Waals surface area contributed by atoms with E-state index in [4.69, 9.17) is 4.74 Å². The SMILES string of the molecule is O=C(Cc1ccc(N2CCCC2=O)cc1)Nc1cc(C(F)(F)F)ccc1N1CCOCC1. The molecule has 0 radical (unpaired) electrons. The van der Waals surface area contributed by atoms with Crippen LogP contribution in [0.25, 0.3) is 0 Å². The number of morpholine rings is 1. The molecule has 2 amide bonds. The van der Waals surface area contributed by atoms with E-state index < -0.39 is 17.6 Å². The number of halogens is 3. The first kappa shape index (κ1) is 22.1. The van der Waals surface area contributed by atoms with Crippen LogP contribution < -0.4 is 15.1 Å². The Morgan fingerprint density at radius 2 is 1.75 bits per heavy atom. The summed E-state index contributed by atoms with van der Waals surface area (Å²) < 4.78 is 45.1. The third kappa shape index (κ3) is 5.04. The third-order valence-electron chi connectivity index (χ3n) is 5.64. The summed E-state index contributed by atoms with van der Waals surface area (Å²) in [5.41, 5.74) is 1.34. The fourth-order valence-corrected chi connectivity index (χ4v) is 3.99. The second-order valence-electron chi connectivity index (χ2n) is 7.87. The van der Waals surface area contributed by atoms with E-state index in [1.54, 1.807) is 29.2 Å². The van der Waals surface area contributed by atoms with Gasteiger partial charge in [0.25, 0.3) is 0 Å². The van der Waals surface area contributed by atoms with Gasteiger partial charge in [0.05, 0.1) is 36.6 Å². The smallest absolute Gasteiger partial charge is 0.378 e. The van der Waals surface area contributed by atoms with Crippen LogP contribution in [-0.2, 0) is 26.9 Å². The Morgan fingerprint density at radius 3 is 2.38 bits per heavy atom. The zero-order chi connectivity index (χ0) is 22.7. The third-order valence-corrected chi connectivity index (χ3v) is 5.64. The molecule has 0 aliphatic carbocycles. The molecule has 0 bridgehead atoms. The average molecular weight is 447 g/mol. The van der Waals surface area contributed by atoms with Crippen molar-refractivity contribution in [3.63, 3.8) is 0 Å². The van der Waals surface area contributed by atoms with Crippen LogP contribution in [0.5, 0.6) is 0 Å². The number of benzene rings is 2. The number of alkyl halides is 3.